The van der Waals surface area contributed by atoms with Crippen LogP contribution in [0.4, 0.5) is 0 Å². The van der Waals surface area contributed by atoms with Gasteiger partial charge >= 0.3 is 0 Å². The van der Waals surface area contributed by atoms with Crippen LogP contribution in [-0.2, 0) is 0 Å². The van der Waals surface area contributed by atoms with Gasteiger partial charge in [-0.15, -0.1) is 0 Å². The molecular weight excluding hydrogens is 349 g/mol. The van der Waals surface area contributed by atoms with E-state index in [2.05, 4.69) is 63.2 Å². The first-order valence-corrected chi connectivity index (χ1v) is 9.96. The largest absolute Gasteiger partial charge is 0.458 e. The number of hydrogen-bond acceptors (Lipinski definition) is 3. The zero-order valence-corrected chi connectivity index (χ0v) is 16.6. The normalized spacial score (nSPS) is 13.2. The Morgan fingerprint density at radius 2 is 1.56 bits per heavy atom. The van der Waals surface area contributed by atoms with Crippen LogP contribution in [0, 0.1) is 39.0 Å². The van der Waals surface area contributed by atoms with E-state index in [4.69, 9.17) is 4.74 Å². The van der Waals surface area contributed by atoms with E-state index in [-0.39, 0.29) is 6.71 Å². The molecule has 2 nitrogen and oxygen atoms in total. The molecule has 0 bridgehead atoms. The number of ether oxygens (including phenoxy) is 1. The van der Waals surface area contributed by atoms with Crippen LogP contribution in [-0.4, -0.2) is 6.71 Å². The highest BCUT2D eigenvalue weighted by atomic mass is 32.2. The van der Waals surface area contributed by atoms with Crippen molar-refractivity contribution in [1.29, 1.82) is 5.26 Å². The van der Waals surface area contributed by atoms with Crippen molar-refractivity contribution in [3.63, 3.8) is 0 Å². The fraction of sp³-hybridized carbons (Fsp3) is 0.174. The van der Waals surface area contributed by atoms with Crippen LogP contribution in [0.25, 0.3) is 0 Å². The van der Waals surface area contributed by atoms with Crippen LogP contribution in [0.5, 0.6) is 11.5 Å². The Morgan fingerprint density at radius 3 is 2.30 bits per heavy atom. The van der Waals surface area contributed by atoms with Crippen LogP contribution in [0.1, 0.15) is 27.8 Å². The first-order chi connectivity index (χ1) is 13.0. The van der Waals surface area contributed by atoms with Gasteiger partial charge in [-0.05, 0) is 55.3 Å². The van der Waals surface area contributed by atoms with Crippen molar-refractivity contribution in [2.75, 3.05) is 0 Å². The molecule has 0 fully saturated rings. The summed E-state index contributed by atoms with van der Waals surface area (Å²) in [5.41, 5.74) is 8.96. The van der Waals surface area contributed by atoms with E-state index in [1.165, 1.54) is 31.7 Å². The maximum absolute atomic E-state index is 9.79. The average molecular weight is 367 g/mol. The third kappa shape index (κ3) is 2.09. The highest BCUT2D eigenvalue weighted by molar-refractivity contribution is 8.00. The summed E-state index contributed by atoms with van der Waals surface area (Å²) in [6.45, 7) is 8.50. The van der Waals surface area contributed by atoms with Crippen molar-refractivity contribution in [2.45, 2.75) is 37.5 Å². The predicted octanol–water partition coefficient (Wildman–Crippen LogP) is 3.88. The molecule has 3 aromatic rings. The maximum Gasteiger partial charge on any atom is 0.253 e. The number of nitriles is 1. The van der Waals surface area contributed by atoms with E-state index in [9.17, 15) is 5.26 Å². The average Bonchev–Trinajstić information content (AvgIpc) is 2.66. The Bertz CT molecular complexity index is 1110. The summed E-state index contributed by atoms with van der Waals surface area (Å²) in [5.74, 6) is 1.81. The number of aryl methyl sites for hydroxylation is 2. The maximum atomic E-state index is 9.79. The second-order valence-electron chi connectivity index (χ2n) is 7.43. The molecule has 0 unspecified atom stereocenters. The van der Waals surface area contributed by atoms with Gasteiger partial charge in [0.05, 0.1) is 11.6 Å². The number of hydrogen-bond donors (Lipinski definition) is 0. The fourth-order valence-corrected chi connectivity index (χ4v) is 5.79. The molecule has 0 atom stereocenters. The first kappa shape index (κ1) is 16.5. The number of rotatable bonds is 0. The molecule has 0 aliphatic carbocycles. The quantitative estimate of drug-likeness (QED) is 0.390. The lowest BCUT2D eigenvalue weighted by Crippen LogP contribution is -2.58. The molecule has 5 rings (SSSR count). The minimum atomic E-state index is 0.153. The van der Waals surface area contributed by atoms with E-state index in [1.54, 1.807) is 11.8 Å². The summed E-state index contributed by atoms with van der Waals surface area (Å²) < 4.78 is 6.46. The van der Waals surface area contributed by atoms with Crippen LogP contribution < -0.4 is 21.1 Å². The molecule has 4 heteroatoms. The summed E-state index contributed by atoms with van der Waals surface area (Å²) in [7, 11) is 0. The molecule has 0 radical (unpaired) electrons. The van der Waals surface area contributed by atoms with Gasteiger partial charge in [0.2, 0.25) is 0 Å². The number of nitrogens with zero attached hydrogens (tertiary/aromatic N) is 1. The third-order valence-corrected chi connectivity index (χ3v) is 7.33. The Kier molecular flexibility index (Phi) is 3.48. The second-order valence-corrected chi connectivity index (χ2v) is 8.45. The van der Waals surface area contributed by atoms with Gasteiger partial charge < -0.3 is 4.74 Å². The number of benzene rings is 3. The second kappa shape index (κ2) is 5.68. The Hall–Kier alpha value is -2.64. The van der Waals surface area contributed by atoms with Gasteiger partial charge in [-0.25, -0.2) is 0 Å². The molecule has 2 aliphatic rings. The van der Waals surface area contributed by atoms with Crippen molar-refractivity contribution in [2.24, 2.45) is 0 Å². The predicted molar refractivity (Wildman–Crippen MR) is 112 cm³/mol. The molecule has 0 saturated heterocycles. The molecule has 130 valence electrons. The number of fused-ring (bicyclic) bond motifs is 4. The highest BCUT2D eigenvalue weighted by Gasteiger charge is 2.41. The molecule has 0 saturated carbocycles. The fourth-order valence-electron chi connectivity index (χ4n) is 4.47. The van der Waals surface area contributed by atoms with Crippen molar-refractivity contribution >= 4 is 34.9 Å². The van der Waals surface area contributed by atoms with Gasteiger partial charge in [0.15, 0.2) is 0 Å². The van der Waals surface area contributed by atoms with Crippen LogP contribution in [0.2, 0.25) is 0 Å². The smallest absolute Gasteiger partial charge is 0.253 e. The minimum Gasteiger partial charge on any atom is -0.458 e. The highest BCUT2D eigenvalue weighted by Crippen LogP contribution is 2.43. The summed E-state index contributed by atoms with van der Waals surface area (Å²) in [4.78, 5) is 2.50. The zero-order valence-electron chi connectivity index (χ0n) is 15.8. The molecule has 2 heterocycles. The molecule has 2 aliphatic heterocycles. The van der Waals surface area contributed by atoms with Gasteiger partial charge in [0, 0.05) is 15.4 Å². The van der Waals surface area contributed by atoms with Gasteiger partial charge in [0.25, 0.3) is 6.71 Å². The number of para-hydroxylation sites is 1. The lowest BCUT2D eigenvalue weighted by Gasteiger charge is -2.36. The molecule has 27 heavy (non-hydrogen) atoms. The Balaban J connectivity index is 1.95. The van der Waals surface area contributed by atoms with Crippen molar-refractivity contribution in [1.82, 2.24) is 0 Å². The third-order valence-electron chi connectivity index (χ3n) is 5.84. The van der Waals surface area contributed by atoms with Gasteiger partial charge in [-0.2, -0.15) is 5.26 Å². The molecule has 0 spiro atoms. The van der Waals surface area contributed by atoms with Gasteiger partial charge in [0.1, 0.15) is 11.5 Å². The standard InChI is InChI=1S/C23H18BNOS/c1-12-7-5-9-17-20(12)26-21-14(3)16(11-25)15(4)23-19(21)24(17)18-10-6-8-13(2)22(18)27-23/h5-10H,1-4H3. The van der Waals surface area contributed by atoms with Crippen molar-refractivity contribution in [3.8, 4) is 17.6 Å². The van der Waals surface area contributed by atoms with E-state index < -0.39 is 0 Å². The van der Waals surface area contributed by atoms with Crippen LogP contribution >= 0.6 is 11.8 Å². The van der Waals surface area contributed by atoms with E-state index in [0.717, 1.165) is 33.8 Å². The molecule has 0 aromatic heterocycles. The van der Waals surface area contributed by atoms with Crippen LogP contribution in [0.15, 0.2) is 46.2 Å². The lowest BCUT2D eigenvalue weighted by molar-refractivity contribution is 0.478. The summed E-state index contributed by atoms with van der Waals surface area (Å²) in [5, 5.41) is 9.79. The summed E-state index contributed by atoms with van der Waals surface area (Å²) >= 11 is 1.79. The monoisotopic (exact) mass is 367 g/mol. The van der Waals surface area contributed by atoms with Crippen LogP contribution in [0.3, 0.4) is 0 Å². The van der Waals surface area contributed by atoms with Gasteiger partial charge in [-0.1, -0.05) is 53.6 Å². The Labute approximate surface area is 164 Å². The minimum absolute atomic E-state index is 0.153. The molecule has 0 N–H and O–H groups in total. The van der Waals surface area contributed by atoms with Crippen molar-refractivity contribution < 1.29 is 4.74 Å². The zero-order chi connectivity index (χ0) is 18.9. The van der Waals surface area contributed by atoms with Crippen molar-refractivity contribution in [3.05, 3.63) is 64.2 Å². The SMILES string of the molecule is Cc1cccc2c1Oc1c(C)c(C#N)c(C)c3c1B2c1cccc(C)c1S3. The van der Waals surface area contributed by atoms with E-state index >= 15 is 0 Å². The van der Waals surface area contributed by atoms with Gasteiger partial charge in [-0.3, -0.25) is 0 Å². The summed E-state index contributed by atoms with van der Waals surface area (Å²) in [6, 6.07) is 15.4. The molecular formula is C23H18BNOS. The van der Waals surface area contributed by atoms with E-state index in [1.807, 2.05) is 6.92 Å². The lowest BCUT2D eigenvalue weighted by atomic mass is 9.35. The molecule has 3 aromatic carbocycles. The summed E-state index contributed by atoms with van der Waals surface area (Å²) in [6.07, 6.45) is 0. The van der Waals surface area contributed by atoms with E-state index in [0.29, 0.717) is 0 Å². The Morgan fingerprint density at radius 1 is 0.852 bits per heavy atom. The topological polar surface area (TPSA) is 33.0 Å². The first-order valence-electron chi connectivity index (χ1n) is 9.14. The molecule has 0 amide bonds.